The number of aromatic nitrogens is 1. The van der Waals surface area contributed by atoms with E-state index in [1.54, 1.807) is 17.8 Å². The number of nitrogens with zero attached hydrogens (tertiary/aromatic N) is 2. The van der Waals surface area contributed by atoms with E-state index in [0.29, 0.717) is 29.3 Å². The molecule has 3 aromatic rings. The molecule has 2 aromatic carbocycles. The molecule has 0 fully saturated rings. The summed E-state index contributed by atoms with van der Waals surface area (Å²) in [4.78, 5) is 18.6. The highest BCUT2D eigenvalue weighted by molar-refractivity contribution is 7.98. The Bertz CT molecular complexity index is 1210. The number of carbonyl (C=O) groups is 1. The van der Waals surface area contributed by atoms with E-state index in [0.717, 1.165) is 16.0 Å². The standard InChI is InChI=1S/C20H23N3O4S3/c1-3-27-11-10-23-17-9-8-16(30(21,25)26)13-18(17)29-20(23)22-19(24)12-14-4-6-15(28-2)7-5-14/h4-9,13H,3,10-12H2,1-2H3,(H2,21,25,26). The van der Waals surface area contributed by atoms with Crippen LogP contribution < -0.4 is 9.94 Å². The van der Waals surface area contributed by atoms with Crippen LogP contribution in [0.2, 0.25) is 0 Å². The minimum atomic E-state index is -3.81. The predicted molar refractivity (Wildman–Crippen MR) is 120 cm³/mol. The fourth-order valence-electron chi connectivity index (χ4n) is 2.90. The van der Waals surface area contributed by atoms with Crippen molar-refractivity contribution in [3.63, 3.8) is 0 Å². The van der Waals surface area contributed by atoms with Gasteiger partial charge in [-0.2, -0.15) is 4.99 Å². The van der Waals surface area contributed by atoms with E-state index < -0.39 is 10.0 Å². The van der Waals surface area contributed by atoms with Crippen molar-refractivity contribution in [2.75, 3.05) is 19.5 Å². The predicted octanol–water partition coefficient (Wildman–Crippen LogP) is 2.78. The van der Waals surface area contributed by atoms with Crippen molar-refractivity contribution in [3.05, 3.63) is 52.8 Å². The number of thiazole rings is 1. The molecule has 0 saturated heterocycles. The Morgan fingerprint density at radius 1 is 1.23 bits per heavy atom. The second-order valence-electron chi connectivity index (χ2n) is 6.44. The van der Waals surface area contributed by atoms with Crippen molar-refractivity contribution in [3.8, 4) is 0 Å². The normalized spacial score (nSPS) is 12.6. The van der Waals surface area contributed by atoms with E-state index >= 15 is 0 Å². The van der Waals surface area contributed by atoms with Crippen LogP contribution in [0, 0.1) is 0 Å². The number of hydrogen-bond donors (Lipinski definition) is 1. The Labute approximate surface area is 183 Å². The van der Waals surface area contributed by atoms with E-state index in [-0.39, 0.29) is 17.2 Å². The first kappa shape index (κ1) is 22.7. The number of fused-ring (bicyclic) bond motifs is 1. The number of carbonyl (C=O) groups excluding carboxylic acids is 1. The Morgan fingerprint density at radius 3 is 2.60 bits per heavy atom. The lowest BCUT2D eigenvalue weighted by atomic mass is 10.1. The van der Waals surface area contributed by atoms with Gasteiger partial charge in [0.25, 0.3) is 5.91 Å². The molecule has 1 aromatic heterocycles. The zero-order valence-corrected chi connectivity index (χ0v) is 19.1. The number of ether oxygens (including phenoxy) is 1. The maximum Gasteiger partial charge on any atom is 0.252 e. The van der Waals surface area contributed by atoms with E-state index in [1.165, 1.54) is 23.5 Å². The van der Waals surface area contributed by atoms with Crippen LogP contribution in [0.1, 0.15) is 12.5 Å². The fourth-order valence-corrected chi connectivity index (χ4v) is 5.03. The summed E-state index contributed by atoms with van der Waals surface area (Å²) in [6.07, 6.45) is 2.19. The van der Waals surface area contributed by atoms with Crippen LogP contribution >= 0.6 is 23.1 Å². The van der Waals surface area contributed by atoms with E-state index in [1.807, 2.05) is 42.0 Å². The van der Waals surface area contributed by atoms with Gasteiger partial charge in [0.05, 0.1) is 28.1 Å². The van der Waals surface area contributed by atoms with Crippen LogP contribution in [0.15, 0.2) is 57.2 Å². The fraction of sp³-hybridized carbons (Fsp3) is 0.300. The van der Waals surface area contributed by atoms with Gasteiger partial charge in [0.1, 0.15) is 0 Å². The number of thioether (sulfide) groups is 1. The number of hydrogen-bond acceptors (Lipinski definition) is 6. The zero-order valence-electron chi connectivity index (χ0n) is 16.7. The van der Waals surface area contributed by atoms with Gasteiger partial charge < -0.3 is 9.30 Å². The summed E-state index contributed by atoms with van der Waals surface area (Å²) in [5.41, 5.74) is 1.67. The first-order valence-electron chi connectivity index (χ1n) is 9.26. The van der Waals surface area contributed by atoms with E-state index in [4.69, 9.17) is 9.88 Å². The molecule has 160 valence electrons. The third-order valence-corrected chi connectivity index (χ3v) is 7.08. The molecular weight excluding hydrogens is 442 g/mol. The molecule has 7 nitrogen and oxygen atoms in total. The summed E-state index contributed by atoms with van der Waals surface area (Å²) in [6, 6.07) is 12.4. The molecule has 0 saturated carbocycles. The van der Waals surface area contributed by atoms with E-state index in [9.17, 15) is 13.2 Å². The van der Waals surface area contributed by atoms with Crippen molar-refractivity contribution >= 4 is 49.2 Å². The molecule has 0 atom stereocenters. The number of nitrogens with two attached hydrogens (primary N) is 1. The number of rotatable bonds is 8. The topological polar surface area (TPSA) is 104 Å². The number of benzene rings is 2. The van der Waals surface area contributed by atoms with Gasteiger partial charge in [-0.25, -0.2) is 13.6 Å². The van der Waals surface area contributed by atoms with Crippen LogP contribution in [-0.2, 0) is 32.5 Å². The molecule has 0 aliphatic heterocycles. The van der Waals surface area contributed by atoms with Crippen LogP contribution in [0.4, 0.5) is 0 Å². The van der Waals surface area contributed by atoms with Gasteiger partial charge in [0.15, 0.2) is 4.80 Å². The lowest BCUT2D eigenvalue weighted by Gasteiger charge is -2.06. The van der Waals surface area contributed by atoms with Gasteiger partial charge in [-0.15, -0.1) is 11.8 Å². The molecule has 0 unspecified atom stereocenters. The molecule has 0 aliphatic rings. The maximum absolute atomic E-state index is 12.6. The minimum absolute atomic E-state index is 0.0277. The van der Waals surface area contributed by atoms with Gasteiger partial charge in [-0.3, -0.25) is 4.79 Å². The first-order chi connectivity index (χ1) is 14.3. The maximum atomic E-state index is 12.6. The molecule has 10 heteroatoms. The molecular formula is C20H23N3O4S3. The van der Waals surface area contributed by atoms with Crippen LogP contribution in [0.3, 0.4) is 0 Å². The number of sulfonamides is 1. The second kappa shape index (κ2) is 9.88. The van der Waals surface area contributed by atoms with Gasteiger partial charge in [0.2, 0.25) is 10.0 Å². The van der Waals surface area contributed by atoms with Gasteiger partial charge in [0, 0.05) is 18.0 Å². The highest BCUT2D eigenvalue weighted by atomic mass is 32.2. The molecule has 3 rings (SSSR count). The van der Waals surface area contributed by atoms with Crippen molar-refractivity contribution in [1.82, 2.24) is 4.57 Å². The molecule has 0 spiro atoms. The highest BCUT2D eigenvalue weighted by Crippen LogP contribution is 2.21. The smallest absolute Gasteiger partial charge is 0.252 e. The quantitative estimate of drug-likeness (QED) is 0.407. The zero-order chi connectivity index (χ0) is 21.7. The summed E-state index contributed by atoms with van der Waals surface area (Å²) >= 11 is 2.90. The van der Waals surface area contributed by atoms with Crippen molar-refractivity contribution in [1.29, 1.82) is 0 Å². The number of primary sulfonamides is 1. The van der Waals surface area contributed by atoms with Crippen LogP contribution in [0.25, 0.3) is 10.2 Å². The summed E-state index contributed by atoms with van der Waals surface area (Å²) in [5, 5.41) is 5.25. The Balaban J connectivity index is 1.98. The molecule has 0 aliphatic carbocycles. The molecule has 30 heavy (non-hydrogen) atoms. The van der Waals surface area contributed by atoms with Crippen molar-refractivity contribution < 1.29 is 17.9 Å². The largest absolute Gasteiger partial charge is 0.380 e. The Morgan fingerprint density at radius 2 is 1.97 bits per heavy atom. The summed E-state index contributed by atoms with van der Waals surface area (Å²) in [5.74, 6) is -0.268. The Kier molecular flexibility index (Phi) is 7.48. The van der Waals surface area contributed by atoms with Gasteiger partial charge in [-0.1, -0.05) is 23.5 Å². The average Bonchev–Trinajstić information content (AvgIpc) is 3.04. The lowest BCUT2D eigenvalue weighted by Crippen LogP contribution is -2.20. The van der Waals surface area contributed by atoms with Crippen LogP contribution in [-0.4, -0.2) is 38.4 Å². The summed E-state index contributed by atoms with van der Waals surface area (Å²) in [6.45, 7) is 3.44. The molecule has 0 radical (unpaired) electrons. The monoisotopic (exact) mass is 465 g/mol. The van der Waals surface area contributed by atoms with E-state index in [2.05, 4.69) is 4.99 Å². The average molecular weight is 466 g/mol. The third-order valence-electron chi connectivity index (χ3n) is 4.38. The highest BCUT2D eigenvalue weighted by Gasteiger charge is 2.13. The Hall–Kier alpha value is -1.98. The third kappa shape index (κ3) is 5.58. The summed E-state index contributed by atoms with van der Waals surface area (Å²) in [7, 11) is -3.81. The lowest BCUT2D eigenvalue weighted by molar-refractivity contribution is -0.117. The second-order valence-corrected chi connectivity index (χ2v) is 9.89. The molecule has 1 amide bonds. The van der Waals surface area contributed by atoms with Crippen molar-refractivity contribution in [2.24, 2.45) is 10.1 Å². The number of amides is 1. The summed E-state index contributed by atoms with van der Waals surface area (Å²) < 4.78 is 31.4. The molecule has 2 N–H and O–H groups in total. The van der Waals surface area contributed by atoms with Gasteiger partial charge >= 0.3 is 0 Å². The minimum Gasteiger partial charge on any atom is -0.380 e. The molecule has 1 heterocycles. The molecule has 0 bridgehead atoms. The van der Waals surface area contributed by atoms with Crippen molar-refractivity contribution in [2.45, 2.75) is 29.7 Å². The SMILES string of the molecule is CCOCCn1c(=NC(=O)Cc2ccc(SC)cc2)sc2cc(S(N)(=O)=O)ccc21. The van der Waals surface area contributed by atoms with Gasteiger partial charge in [-0.05, 0) is 49.1 Å². The first-order valence-corrected chi connectivity index (χ1v) is 12.8. The van der Waals surface area contributed by atoms with Crippen LogP contribution in [0.5, 0.6) is 0 Å².